The fourth-order valence-corrected chi connectivity index (χ4v) is 3.29. The number of nitrogens with zero attached hydrogens (tertiary/aromatic N) is 1. The number of piperidine rings is 1. The van der Waals surface area contributed by atoms with Gasteiger partial charge in [-0.1, -0.05) is 0 Å². The van der Waals surface area contributed by atoms with Gasteiger partial charge in [0, 0.05) is 30.0 Å². The maximum Gasteiger partial charge on any atom is 0.127 e. The SMILES string of the molecule is Nc1cc(F)cc(NC2CCN3CCCC3C2)c1. The molecule has 98 valence electrons. The third-order valence-electron chi connectivity index (χ3n) is 4.11. The van der Waals surface area contributed by atoms with E-state index in [1.807, 2.05) is 6.07 Å². The second kappa shape index (κ2) is 4.76. The summed E-state index contributed by atoms with van der Waals surface area (Å²) in [6.07, 6.45) is 4.93. The topological polar surface area (TPSA) is 41.3 Å². The van der Waals surface area contributed by atoms with E-state index in [-0.39, 0.29) is 5.82 Å². The molecule has 0 spiro atoms. The van der Waals surface area contributed by atoms with Gasteiger partial charge in [0.1, 0.15) is 5.82 Å². The van der Waals surface area contributed by atoms with Crippen LogP contribution in [-0.2, 0) is 0 Å². The van der Waals surface area contributed by atoms with E-state index in [4.69, 9.17) is 5.73 Å². The van der Waals surface area contributed by atoms with Crippen molar-refractivity contribution in [3.63, 3.8) is 0 Å². The molecule has 2 aliphatic heterocycles. The third kappa shape index (κ3) is 2.43. The molecule has 0 saturated carbocycles. The van der Waals surface area contributed by atoms with E-state index in [0.29, 0.717) is 11.7 Å². The Bertz CT molecular complexity index is 415. The van der Waals surface area contributed by atoms with Gasteiger partial charge in [0.05, 0.1) is 0 Å². The molecule has 1 aromatic rings. The van der Waals surface area contributed by atoms with Crippen molar-refractivity contribution in [2.24, 2.45) is 0 Å². The van der Waals surface area contributed by atoms with Crippen molar-refractivity contribution >= 4 is 11.4 Å². The molecule has 0 amide bonds. The molecule has 2 heterocycles. The Morgan fingerprint density at radius 3 is 2.94 bits per heavy atom. The third-order valence-corrected chi connectivity index (χ3v) is 4.11. The number of halogens is 1. The summed E-state index contributed by atoms with van der Waals surface area (Å²) >= 11 is 0. The van der Waals surface area contributed by atoms with E-state index in [2.05, 4.69) is 10.2 Å². The molecular weight excluding hydrogens is 229 g/mol. The summed E-state index contributed by atoms with van der Waals surface area (Å²) in [6, 6.07) is 5.86. The lowest BCUT2D eigenvalue weighted by Gasteiger charge is -2.35. The quantitative estimate of drug-likeness (QED) is 0.791. The molecule has 1 aromatic carbocycles. The fourth-order valence-electron chi connectivity index (χ4n) is 3.29. The molecule has 3 nitrogen and oxygen atoms in total. The second-order valence-corrected chi connectivity index (χ2v) is 5.47. The Morgan fingerprint density at radius 1 is 1.22 bits per heavy atom. The highest BCUT2D eigenvalue weighted by molar-refractivity contribution is 5.55. The Morgan fingerprint density at radius 2 is 2.11 bits per heavy atom. The predicted molar refractivity (Wildman–Crippen MR) is 72.1 cm³/mol. The summed E-state index contributed by atoms with van der Waals surface area (Å²) in [5, 5.41) is 3.43. The first-order valence-corrected chi connectivity index (χ1v) is 6.77. The molecule has 0 bridgehead atoms. The Kier molecular flexibility index (Phi) is 3.12. The highest BCUT2D eigenvalue weighted by Crippen LogP contribution is 2.29. The average Bonchev–Trinajstić information content (AvgIpc) is 2.74. The molecule has 3 N–H and O–H groups in total. The summed E-state index contributed by atoms with van der Waals surface area (Å²) in [7, 11) is 0. The van der Waals surface area contributed by atoms with Gasteiger partial charge < -0.3 is 16.0 Å². The number of nitrogens with two attached hydrogens (primary N) is 1. The summed E-state index contributed by atoms with van der Waals surface area (Å²) in [6.45, 7) is 2.41. The van der Waals surface area contributed by atoms with Gasteiger partial charge in [-0.05, 0) is 50.4 Å². The summed E-state index contributed by atoms with van der Waals surface area (Å²) < 4.78 is 13.3. The number of benzene rings is 1. The average molecular weight is 249 g/mol. The minimum absolute atomic E-state index is 0.268. The van der Waals surface area contributed by atoms with Crippen molar-refractivity contribution in [2.75, 3.05) is 24.1 Å². The van der Waals surface area contributed by atoms with Crippen LogP contribution in [0.1, 0.15) is 25.7 Å². The van der Waals surface area contributed by atoms with Crippen LogP contribution in [0.5, 0.6) is 0 Å². The van der Waals surface area contributed by atoms with Crippen molar-refractivity contribution in [2.45, 2.75) is 37.8 Å². The number of fused-ring (bicyclic) bond motifs is 1. The zero-order valence-electron chi connectivity index (χ0n) is 10.5. The lowest BCUT2D eigenvalue weighted by molar-refractivity contribution is 0.188. The van der Waals surface area contributed by atoms with Gasteiger partial charge in [0.2, 0.25) is 0 Å². The van der Waals surface area contributed by atoms with Gasteiger partial charge >= 0.3 is 0 Å². The highest BCUT2D eigenvalue weighted by atomic mass is 19.1. The fraction of sp³-hybridized carbons (Fsp3) is 0.571. The van der Waals surface area contributed by atoms with Crippen molar-refractivity contribution in [1.82, 2.24) is 4.90 Å². The van der Waals surface area contributed by atoms with Gasteiger partial charge in [0.25, 0.3) is 0 Å². The van der Waals surface area contributed by atoms with Gasteiger partial charge in [-0.25, -0.2) is 4.39 Å². The van der Waals surface area contributed by atoms with Crippen molar-refractivity contribution in [3.8, 4) is 0 Å². The van der Waals surface area contributed by atoms with E-state index in [1.165, 1.54) is 31.5 Å². The molecule has 2 atom stereocenters. The first-order valence-electron chi connectivity index (χ1n) is 6.77. The lowest BCUT2D eigenvalue weighted by Crippen LogP contribution is -2.42. The molecule has 2 fully saturated rings. The molecule has 4 heteroatoms. The number of nitrogen functional groups attached to an aromatic ring is 1. The van der Waals surface area contributed by atoms with Crippen molar-refractivity contribution in [3.05, 3.63) is 24.0 Å². The van der Waals surface area contributed by atoms with Crippen LogP contribution in [0.15, 0.2) is 18.2 Å². The molecule has 2 unspecified atom stereocenters. The Labute approximate surface area is 107 Å². The molecule has 2 aliphatic rings. The largest absolute Gasteiger partial charge is 0.399 e. The zero-order valence-corrected chi connectivity index (χ0v) is 10.5. The van der Waals surface area contributed by atoms with Crippen LogP contribution in [-0.4, -0.2) is 30.1 Å². The maximum atomic E-state index is 13.3. The van der Waals surface area contributed by atoms with Crippen LogP contribution < -0.4 is 11.1 Å². The van der Waals surface area contributed by atoms with Gasteiger partial charge in [-0.15, -0.1) is 0 Å². The molecule has 3 rings (SSSR count). The number of rotatable bonds is 2. The molecule has 0 aromatic heterocycles. The number of hydrogen-bond donors (Lipinski definition) is 2. The maximum absolute atomic E-state index is 13.3. The molecular formula is C14H20FN3. The second-order valence-electron chi connectivity index (χ2n) is 5.47. The van der Waals surface area contributed by atoms with E-state index in [1.54, 1.807) is 0 Å². The van der Waals surface area contributed by atoms with E-state index in [0.717, 1.165) is 31.1 Å². The smallest absolute Gasteiger partial charge is 0.127 e. The Hall–Kier alpha value is -1.29. The van der Waals surface area contributed by atoms with Crippen LogP contribution in [0.2, 0.25) is 0 Å². The van der Waals surface area contributed by atoms with E-state index in [9.17, 15) is 4.39 Å². The predicted octanol–water partition coefficient (Wildman–Crippen LogP) is 2.45. The highest BCUT2D eigenvalue weighted by Gasteiger charge is 2.31. The number of nitrogens with one attached hydrogen (secondary N) is 1. The van der Waals surface area contributed by atoms with Crippen molar-refractivity contribution < 1.29 is 4.39 Å². The van der Waals surface area contributed by atoms with Crippen LogP contribution in [0.25, 0.3) is 0 Å². The van der Waals surface area contributed by atoms with Crippen molar-refractivity contribution in [1.29, 1.82) is 0 Å². The van der Waals surface area contributed by atoms with Gasteiger partial charge in [-0.3, -0.25) is 0 Å². The minimum Gasteiger partial charge on any atom is -0.399 e. The summed E-state index contributed by atoms with van der Waals surface area (Å²) in [4.78, 5) is 2.58. The summed E-state index contributed by atoms with van der Waals surface area (Å²) in [5.41, 5.74) is 6.95. The van der Waals surface area contributed by atoms with Crippen LogP contribution in [0.4, 0.5) is 15.8 Å². The zero-order chi connectivity index (χ0) is 12.5. The van der Waals surface area contributed by atoms with Gasteiger partial charge in [-0.2, -0.15) is 0 Å². The minimum atomic E-state index is -0.268. The first-order chi connectivity index (χ1) is 8.70. The Balaban J connectivity index is 1.65. The normalized spacial score (nSPS) is 28.1. The van der Waals surface area contributed by atoms with E-state index >= 15 is 0 Å². The lowest BCUT2D eigenvalue weighted by atomic mass is 9.97. The summed E-state index contributed by atoms with van der Waals surface area (Å²) in [5.74, 6) is -0.268. The van der Waals surface area contributed by atoms with Crippen LogP contribution >= 0.6 is 0 Å². The molecule has 18 heavy (non-hydrogen) atoms. The molecule has 2 saturated heterocycles. The molecule has 0 radical (unpaired) electrons. The molecule has 0 aliphatic carbocycles. The van der Waals surface area contributed by atoms with Crippen LogP contribution in [0.3, 0.4) is 0 Å². The van der Waals surface area contributed by atoms with Gasteiger partial charge in [0.15, 0.2) is 0 Å². The first kappa shape index (κ1) is 11.8. The number of anilines is 2. The van der Waals surface area contributed by atoms with Crippen LogP contribution in [0, 0.1) is 5.82 Å². The standard InChI is InChI=1S/C14H20FN3/c15-10-6-11(16)8-13(7-10)17-12-3-5-18-4-1-2-14(18)9-12/h6-8,12,14,17H,1-5,9,16H2. The number of hydrogen-bond acceptors (Lipinski definition) is 3. The monoisotopic (exact) mass is 249 g/mol. The van der Waals surface area contributed by atoms with E-state index < -0.39 is 0 Å².